The molecule has 0 spiro atoms. The number of nitrogens with zero attached hydrogens (tertiary/aromatic N) is 2. The third-order valence-corrected chi connectivity index (χ3v) is 3.97. The van der Waals surface area contributed by atoms with E-state index < -0.39 is 5.97 Å². The second-order valence-corrected chi connectivity index (χ2v) is 5.91. The van der Waals surface area contributed by atoms with E-state index in [0.29, 0.717) is 31.6 Å². The van der Waals surface area contributed by atoms with Crippen LogP contribution in [0.15, 0.2) is 29.4 Å². The maximum Gasteiger partial charge on any atom is 0.329 e. The summed E-state index contributed by atoms with van der Waals surface area (Å²) >= 11 is 0. The number of amides is 2. The van der Waals surface area contributed by atoms with Crippen molar-refractivity contribution in [2.75, 3.05) is 25.0 Å². The third-order valence-electron chi connectivity index (χ3n) is 3.97. The van der Waals surface area contributed by atoms with Crippen LogP contribution >= 0.6 is 0 Å². The van der Waals surface area contributed by atoms with Gasteiger partial charge in [-0.05, 0) is 30.5 Å². The Bertz CT molecular complexity index is 666. The Hall–Kier alpha value is -2.94. The van der Waals surface area contributed by atoms with Gasteiger partial charge in [-0.25, -0.2) is 4.79 Å². The highest BCUT2D eigenvalue weighted by molar-refractivity contribution is 6.03. The highest BCUT2D eigenvalue weighted by Gasteiger charge is 2.25. The summed E-state index contributed by atoms with van der Waals surface area (Å²) in [5, 5.41) is 14.7. The van der Waals surface area contributed by atoms with Crippen LogP contribution in [-0.4, -0.2) is 59.8 Å². The molecule has 0 radical (unpaired) electrons. The van der Waals surface area contributed by atoms with Crippen molar-refractivity contribution in [2.24, 2.45) is 10.9 Å². The van der Waals surface area contributed by atoms with Gasteiger partial charge in [0.05, 0.1) is 12.3 Å². The van der Waals surface area contributed by atoms with Gasteiger partial charge in [0.2, 0.25) is 11.8 Å². The fourth-order valence-corrected chi connectivity index (χ4v) is 2.65. The molecule has 0 bridgehead atoms. The number of rotatable bonds is 7. The lowest BCUT2D eigenvalue weighted by Gasteiger charge is -2.31. The first-order valence-corrected chi connectivity index (χ1v) is 8.22. The zero-order valence-electron chi connectivity index (χ0n) is 14.3. The van der Waals surface area contributed by atoms with Crippen LogP contribution in [0.4, 0.5) is 5.69 Å². The van der Waals surface area contributed by atoms with E-state index in [4.69, 9.17) is 15.7 Å². The fraction of sp³-hybridized carbons (Fsp3) is 0.412. The number of hydrogen-bond donors (Lipinski definition) is 3. The van der Waals surface area contributed by atoms with Crippen LogP contribution in [0.1, 0.15) is 24.8 Å². The largest absolute Gasteiger partial charge is 0.480 e. The van der Waals surface area contributed by atoms with E-state index in [1.165, 1.54) is 6.21 Å². The number of carbonyl (C=O) groups is 3. The van der Waals surface area contributed by atoms with Crippen LogP contribution in [0.2, 0.25) is 0 Å². The molecule has 0 aliphatic carbocycles. The van der Waals surface area contributed by atoms with Gasteiger partial charge in [-0.2, -0.15) is 5.10 Å². The number of hydrogen-bond acceptors (Lipinski definition) is 6. The Kier molecular flexibility index (Phi) is 7.10. The van der Waals surface area contributed by atoms with Gasteiger partial charge in [0, 0.05) is 18.8 Å². The number of carboxylic acids is 1. The predicted molar refractivity (Wildman–Crippen MR) is 94.7 cm³/mol. The van der Waals surface area contributed by atoms with E-state index in [2.05, 4.69) is 10.4 Å². The van der Waals surface area contributed by atoms with Crippen molar-refractivity contribution in [1.29, 1.82) is 0 Å². The zero-order chi connectivity index (χ0) is 18.9. The minimum Gasteiger partial charge on any atom is -0.480 e. The normalized spacial score (nSPS) is 15.2. The number of hydrazone groups is 1. The quantitative estimate of drug-likeness (QED) is 0.278. The SMILES string of the molecule is NN=Cc1ccc(NC(=O)CC(=O)N2CCC(OCC(=O)O)CC2)cc1. The van der Waals surface area contributed by atoms with Gasteiger partial charge in [-0.3, -0.25) is 9.59 Å². The number of benzene rings is 1. The van der Waals surface area contributed by atoms with E-state index in [1.54, 1.807) is 29.2 Å². The molecule has 140 valence electrons. The highest BCUT2D eigenvalue weighted by atomic mass is 16.5. The standard InChI is InChI=1S/C17H22N4O5/c18-19-10-12-1-3-13(4-2-12)20-15(22)9-16(23)21-7-5-14(6-8-21)26-11-17(24)25/h1-4,10,14H,5-9,11,18H2,(H,20,22)(H,24,25). The molecule has 26 heavy (non-hydrogen) atoms. The van der Waals surface area contributed by atoms with Crippen LogP contribution in [0.3, 0.4) is 0 Å². The van der Waals surface area contributed by atoms with E-state index in [9.17, 15) is 14.4 Å². The molecule has 1 fully saturated rings. The summed E-state index contributed by atoms with van der Waals surface area (Å²) in [4.78, 5) is 36.3. The van der Waals surface area contributed by atoms with Gasteiger partial charge >= 0.3 is 5.97 Å². The Morgan fingerprint density at radius 3 is 2.50 bits per heavy atom. The summed E-state index contributed by atoms with van der Waals surface area (Å²) in [6.45, 7) is 0.560. The molecule has 1 saturated heterocycles. The molecule has 1 aliphatic rings. The van der Waals surface area contributed by atoms with Crippen molar-refractivity contribution in [3.63, 3.8) is 0 Å². The second-order valence-electron chi connectivity index (χ2n) is 5.91. The average molecular weight is 362 g/mol. The van der Waals surface area contributed by atoms with Gasteiger partial charge in [-0.15, -0.1) is 0 Å². The average Bonchev–Trinajstić information content (AvgIpc) is 2.62. The molecule has 1 aliphatic heterocycles. The number of nitrogens with two attached hydrogens (primary N) is 1. The number of carboxylic acid groups (broad SMARTS) is 1. The molecule has 0 unspecified atom stereocenters. The molecule has 4 N–H and O–H groups in total. The van der Waals surface area contributed by atoms with Crippen molar-refractivity contribution < 1.29 is 24.2 Å². The van der Waals surface area contributed by atoms with Gasteiger partial charge in [-0.1, -0.05) is 12.1 Å². The summed E-state index contributed by atoms with van der Waals surface area (Å²) in [6, 6.07) is 6.89. The van der Waals surface area contributed by atoms with Gasteiger partial charge < -0.3 is 25.9 Å². The number of anilines is 1. The number of aliphatic carboxylic acids is 1. The van der Waals surface area contributed by atoms with Crippen LogP contribution in [0, 0.1) is 0 Å². The summed E-state index contributed by atoms with van der Waals surface area (Å²) in [5.74, 6) is 3.41. The first-order chi connectivity index (χ1) is 12.5. The molecule has 2 amide bonds. The number of nitrogens with one attached hydrogen (secondary N) is 1. The molecule has 0 atom stereocenters. The Labute approximate surface area is 150 Å². The van der Waals surface area contributed by atoms with E-state index in [-0.39, 0.29) is 30.9 Å². The van der Waals surface area contributed by atoms with Crippen molar-refractivity contribution in [3.05, 3.63) is 29.8 Å². The lowest BCUT2D eigenvalue weighted by atomic mass is 10.1. The predicted octanol–water partition coefficient (Wildman–Crippen LogP) is 0.400. The first kappa shape index (κ1) is 19.4. The number of likely N-dealkylation sites (tertiary alicyclic amines) is 1. The molecule has 1 heterocycles. The minimum absolute atomic E-state index is 0.167. The summed E-state index contributed by atoms with van der Waals surface area (Å²) in [7, 11) is 0. The van der Waals surface area contributed by atoms with Crippen LogP contribution < -0.4 is 11.2 Å². The Morgan fingerprint density at radius 2 is 1.92 bits per heavy atom. The molecule has 2 rings (SSSR count). The lowest BCUT2D eigenvalue weighted by molar-refractivity contribution is -0.147. The summed E-state index contributed by atoms with van der Waals surface area (Å²) < 4.78 is 5.23. The Morgan fingerprint density at radius 1 is 1.27 bits per heavy atom. The summed E-state index contributed by atoms with van der Waals surface area (Å²) in [5.41, 5.74) is 1.38. The fourth-order valence-electron chi connectivity index (χ4n) is 2.65. The smallest absolute Gasteiger partial charge is 0.329 e. The topological polar surface area (TPSA) is 134 Å². The van der Waals surface area contributed by atoms with Crippen molar-refractivity contribution in [3.8, 4) is 0 Å². The molecular formula is C17H22N4O5. The van der Waals surface area contributed by atoms with Gasteiger partial charge in [0.15, 0.2) is 0 Å². The zero-order valence-corrected chi connectivity index (χ0v) is 14.3. The molecule has 1 aromatic rings. The van der Waals surface area contributed by atoms with Crippen molar-refractivity contribution in [1.82, 2.24) is 4.90 Å². The molecule has 9 nitrogen and oxygen atoms in total. The first-order valence-electron chi connectivity index (χ1n) is 8.22. The van der Waals surface area contributed by atoms with Gasteiger partial charge in [0.25, 0.3) is 0 Å². The van der Waals surface area contributed by atoms with E-state index >= 15 is 0 Å². The summed E-state index contributed by atoms with van der Waals surface area (Å²) in [6.07, 6.45) is 2.20. The minimum atomic E-state index is -1.01. The number of piperidine rings is 1. The van der Waals surface area contributed by atoms with Crippen LogP contribution in [-0.2, 0) is 19.1 Å². The van der Waals surface area contributed by atoms with E-state index in [1.807, 2.05) is 0 Å². The second kappa shape index (κ2) is 9.52. The highest BCUT2D eigenvalue weighted by Crippen LogP contribution is 2.15. The third kappa shape index (κ3) is 6.17. The van der Waals surface area contributed by atoms with Crippen LogP contribution in [0.25, 0.3) is 0 Å². The van der Waals surface area contributed by atoms with E-state index in [0.717, 1.165) is 5.56 Å². The maximum absolute atomic E-state index is 12.2. The lowest BCUT2D eigenvalue weighted by Crippen LogP contribution is -2.42. The van der Waals surface area contributed by atoms with Crippen LogP contribution in [0.5, 0.6) is 0 Å². The molecule has 0 aromatic heterocycles. The Balaban J connectivity index is 1.75. The monoisotopic (exact) mass is 362 g/mol. The number of ether oxygens (including phenoxy) is 1. The van der Waals surface area contributed by atoms with Crippen molar-refractivity contribution >= 4 is 29.7 Å². The van der Waals surface area contributed by atoms with Gasteiger partial charge in [0.1, 0.15) is 13.0 Å². The number of carbonyl (C=O) groups excluding carboxylic acids is 2. The molecule has 1 aromatic carbocycles. The molecular weight excluding hydrogens is 340 g/mol. The van der Waals surface area contributed by atoms with Crippen molar-refractivity contribution in [2.45, 2.75) is 25.4 Å². The maximum atomic E-state index is 12.2. The molecule has 0 saturated carbocycles. The molecule has 9 heteroatoms.